The normalized spacial score (nSPS) is 38.0. The molecule has 1 aliphatic rings. The fourth-order valence-corrected chi connectivity index (χ4v) is 1.41. The molecule has 0 aliphatic heterocycles. The first-order valence-corrected chi connectivity index (χ1v) is 3.89. The minimum Gasteiger partial charge on any atom is -0.327 e. The van der Waals surface area contributed by atoms with E-state index < -0.39 is 0 Å². The van der Waals surface area contributed by atoms with Crippen molar-refractivity contribution < 1.29 is 0 Å². The summed E-state index contributed by atoms with van der Waals surface area (Å²) in [7, 11) is 0. The van der Waals surface area contributed by atoms with Crippen molar-refractivity contribution in [3.63, 3.8) is 0 Å². The van der Waals surface area contributed by atoms with Crippen LogP contribution in [0.3, 0.4) is 0 Å². The number of hydrogen-bond acceptors (Lipinski definition) is 1. The van der Waals surface area contributed by atoms with E-state index in [4.69, 9.17) is 5.73 Å². The SMILES string of the molecule is [CH2]C1CCCCCC1N. The number of nitrogens with two attached hydrogens (primary N) is 1. The van der Waals surface area contributed by atoms with Gasteiger partial charge in [-0.05, 0) is 25.7 Å². The van der Waals surface area contributed by atoms with E-state index in [0.717, 1.165) is 0 Å². The van der Waals surface area contributed by atoms with Crippen molar-refractivity contribution >= 4 is 0 Å². The molecule has 1 fully saturated rings. The zero-order valence-electron chi connectivity index (χ0n) is 5.97. The van der Waals surface area contributed by atoms with Gasteiger partial charge in [0, 0.05) is 6.04 Å². The minimum absolute atomic E-state index is 0.382. The van der Waals surface area contributed by atoms with Crippen LogP contribution in [0, 0.1) is 12.8 Å². The van der Waals surface area contributed by atoms with E-state index in [9.17, 15) is 0 Å². The van der Waals surface area contributed by atoms with Crippen molar-refractivity contribution in [2.75, 3.05) is 0 Å². The van der Waals surface area contributed by atoms with Crippen LogP contribution >= 0.6 is 0 Å². The van der Waals surface area contributed by atoms with Crippen molar-refractivity contribution in [2.24, 2.45) is 11.7 Å². The fourth-order valence-electron chi connectivity index (χ4n) is 1.41. The van der Waals surface area contributed by atoms with Crippen LogP contribution in [-0.2, 0) is 0 Å². The van der Waals surface area contributed by atoms with E-state index in [1.165, 1.54) is 32.1 Å². The molecule has 1 heteroatoms. The molecule has 53 valence electrons. The van der Waals surface area contributed by atoms with Crippen LogP contribution in [0.4, 0.5) is 0 Å². The molecular formula is C8H16N. The first-order chi connectivity index (χ1) is 4.30. The van der Waals surface area contributed by atoms with E-state index in [1.54, 1.807) is 0 Å². The lowest BCUT2D eigenvalue weighted by atomic mass is 9.98. The zero-order valence-corrected chi connectivity index (χ0v) is 5.97. The molecule has 0 bridgehead atoms. The first kappa shape index (κ1) is 7.07. The number of rotatable bonds is 0. The summed E-state index contributed by atoms with van der Waals surface area (Å²) >= 11 is 0. The van der Waals surface area contributed by atoms with E-state index in [0.29, 0.717) is 12.0 Å². The maximum absolute atomic E-state index is 5.82. The van der Waals surface area contributed by atoms with Crippen LogP contribution in [0.15, 0.2) is 0 Å². The lowest BCUT2D eigenvalue weighted by Gasteiger charge is -2.14. The lowest BCUT2D eigenvalue weighted by Crippen LogP contribution is -2.26. The summed E-state index contributed by atoms with van der Waals surface area (Å²) in [5, 5.41) is 0. The Labute approximate surface area is 57.6 Å². The molecule has 2 atom stereocenters. The Balaban J connectivity index is 2.32. The van der Waals surface area contributed by atoms with Gasteiger partial charge in [0.1, 0.15) is 0 Å². The van der Waals surface area contributed by atoms with Gasteiger partial charge >= 0.3 is 0 Å². The summed E-state index contributed by atoms with van der Waals surface area (Å²) in [6.45, 7) is 4.01. The molecule has 9 heavy (non-hydrogen) atoms. The van der Waals surface area contributed by atoms with Gasteiger partial charge in [-0.1, -0.05) is 19.3 Å². The van der Waals surface area contributed by atoms with Gasteiger partial charge in [0.2, 0.25) is 0 Å². The van der Waals surface area contributed by atoms with Gasteiger partial charge in [0.05, 0.1) is 0 Å². The Hall–Kier alpha value is -0.0400. The van der Waals surface area contributed by atoms with Crippen LogP contribution in [0.1, 0.15) is 32.1 Å². The highest BCUT2D eigenvalue weighted by molar-refractivity contribution is 4.77. The van der Waals surface area contributed by atoms with E-state index in [-0.39, 0.29) is 0 Å². The predicted molar refractivity (Wildman–Crippen MR) is 39.9 cm³/mol. The molecule has 1 saturated carbocycles. The monoisotopic (exact) mass is 126 g/mol. The summed E-state index contributed by atoms with van der Waals surface area (Å²) < 4.78 is 0. The van der Waals surface area contributed by atoms with Crippen molar-refractivity contribution in [3.05, 3.63) is 6.92 Å². The Bertz CT molecular complexity index is 70.6. The van der Waals surface area contributed by atoms with E-state index in [2.05, 4.69) is 6.92 Å². The molecule has 1 nitrogen and oxygen atoms in total. The van der Waals surface area contributed by atoms with Gasteiger partial charge in [-0.2, -0.15) is 0 Å². The average Bonchev–Trinajstić information content (AvgIpc) is 1.99. The Kier molecular flexibility index (Phi) is 2.52. The maximum Gasteiger partial charge on any atom is 0.00671 e. The first-order valence-electron chi connectivity index (χ1n) is 3.89. The predicted octanol–water partition coefficient (Wildman–Crippen LogP) is 1.73. The minimum atomic E-state index is 0.382. The highest BCUT2D eigenvalue weighted by atomic mass is 14.6. The van der Waals surface area contributed by atoms with Gasteiger partial charge in [-0.15, -0.1) is 0 Å². The van der Waals surface area contributed by atoms with Gasteiger partial charge in [-0.25, -0.2) is 0 Å². The smallest absolute Gasteiger partial charge is 0.00671 e. The second-order valence-corrected chi connectivity index (χ2v) is 3.06. The molecule has 0 spiro atoms. The van der Waals surface area contributed by atoms with E-state index in [1.807, 2.05) is 0 Å². The molecule has 2 N–H and O–H groups in total. The molecule has 1 rings (SSSR count). The standard InChI is InChI=1S/C8H16N/c1-7-5-3-2-4-6-8(7)9/h7-8H,1-6,9H2. The molecule has 1 aliphatic carbocycles. The van der Waals surface area contributed by atoms with Crippen molar-refractivity contribution in [1.82, 2.24) is 0 Å². The summed E-state index contributed by atoms with van der Waals surface area (Å²) in [6.07, 6.45) is 6.43. The lowest BCUT2D eigenvalue weighted by molar-refractivity contribution is 0.472. The van der Waals surface area contributed by atoms with Crippen molar-refractivity contribution in [1.29, 1.82) is 0 Å². The summed E-state index contributed by atoms with van der Waals surface area (Å²) in [4.78, 5) is 0. The highest BCUT2D eigenvalue weighted by Crippen LogP contribution is 2.20. The van der Waals surface area contributed by atoms with Crippen LogP contribution in [0.5, 0.6) is 0 Å². The third kappa shape index (κ3) is 1.98. The molecule has 0 amide bonds. The van der Waals surface area contributed by atoms with Crippen LogP contribution in [0.25, 0.3) is 0 Å². The topological polar surface area (TPSA) is 26.0 Å². The van der Waals surface area contributed by atoms with Crippen molar-refractivity contribution in [3.8, 4) is 0 Å². The Morgan fingerprint density at radius 2 is 1.78 bits per heavy atom. The summed E-state index contributed by atoms with van der Waals surface area (Å²) in [6, 6.07) is 0.382. The molecule has 2 unspecified atom stereocenters. The second-order valence-electron chi connectivity index (χ2n) is 3.06. The van der Waals surface area contributed by atoms with Gasteiger partial charge < -0.3 is 5.73 Å². The van der Waals surface area contributed by atoms with Gasteiger partial charge in [-0.3, -0.25) is 0 Å². The van der Waals surface area contributed by atoms with Crippen LogP contribution < -0.4 is 5.73 Å². The quantitative estimate of drug-likeness (QED) is 0.491. The zero-order chi connectivity index (χ0) is 6.69. The fraction of sp³-hybridized carbons (Fsp3) is 0.875. The van der Waals surface area contributed by atoms with Gasteiger partial charge in [0.25, 0.3) is 0 Å². The molecular weight excluding hydrogens is 110 g/mol. The molecule has 0 aromatic rings. The Morgan fingerprint density at radius 1 is 1.11 bits per heavy atom. The summed E-state index contributed by atoms with van der Waals surface area (Å²) in [5.74, 6) is 0.521. The van der Waals surface area contributed by atoms with Crippen molar-refractivity contribution in [2.45, 2.75) is 38.1 Å². The Morgan fingerprint density at radius 3 is 2.56 bits per heavy atom. The van der Waals surface area contributed by atoms with Crippen LogP contribution in [0.2, 0.25) is 0 Å². The van der Waals surface area contributed by atoms with Gasteiger partial charge in [0.15, 0.2) is 0 Å². The number of hydrogen-bond donors (Lipinski definition) is 1. The third-order valence-electron chi connectivity index (χ3n) is 2.22. The largest absolute Gasteiger partial charge is 0.327 e. The highest BCUT2D eigenvalue weighted by Gasteiger charge is 2.14. The van der Waals surface area contributed by atoms with Crippen LogP contribution in [-0.4, -0.2) is 6.04 Å². The molecule has 0 aromatic heterocycles. The molecule has 0 saturated heterocycles. The maximum atomic E-state index is 5.82. The average molecular weight is 126 g/mol. The molecule has 0 heterocycles. The summed E-state index contributed by atoms with van der Waals surface area (Å²) in [5.41, 5.74) is 5.82. The van der Waals surface area contributed by atoms with E-state index >= 15 is 0 Å². The third-order valence-corrected chi connectivity index (χ3v) is 2.22. The molecule has 1 radical (unpaired) electrons. The molecule has 0 aromatic carbocycles. The second kappa shape index (κ2) is 3.21.